The minimum absolute atomic E-state index is 0.161. The number of ether oxygens (including phenoxy) is 1. The van der Waals surface area contributed by atoms with Crippen molar-refractivity contribution in [2.24, 2.45) is 0 Å². The fourth-order valence-corrected chi connectivity index (χ4v) is 1.51. The first-order valence-electron chi connectivity index (χ1n) is 5.63. The fraction of sp³-hybridized carbons (Fsp3) is 0.0714. The number of hydrogen-bond donors (Lipinski definition) is 1. The first-order chi connectivity index (χ1) is 9.15. The Morgan fingerprint density at radius 3 is 2.21 bits per heavy atom. The summed E-state index contributed by atoms with van der Waals surface area (Å²) in [5, 5.41) is 8.65. The lowest BCUT2D eigenvalue weighted by Crippen LogP contribution is -2.20. The van der Waals surface area contributed by atoms with E-state index in [0.717, 1.165) is 0 Å². The van der Waals surface area contributed by atoms with Gasteiger partial charge in [-0.1, -0.05) is 22.7 Å². The van der Waals surface area contributed by atoms with Crippen molar-refractivity contribution in [3.05, 3.63) is 54.6 Å². The number of benzene rings is 2. The smallest absolute Gasteiger partial charge is 0.326 e. The summed E-state index contributed by atoms with van der Waals surface area (Å²) in [7, 11) is 0. The average Bonchev–Trinajstić information content (AvgIpc) is 2.40. The Kier molecular flexibility index (Phi) is 3.97. The van der Waals surface area contributed by atoms with E-state index in [2.05, 4.69) is 0 Å². The number of rotatable bonds is 5. The maximum Gasteiger partial charge on any atom is 0.326 e. The fourth-order valence-electron chi connectivity index (χ4n) is 1.51. The number of para-hydroxylation sites is 1. The lowest BCUT2D eigenvalue weighted by Gasteiger charge is -2.12. The molecule has 0 heterocycles. The second-order valence-corrected chi connectivity index (χ2v) is 3.82. The molecule has 0 unspecified atom stereocenters. The van der Waals surface area contributed by atoms with Gasteiger partial charge in [-0.15, -0.1) is 0 Å². The van der Waals surface area contributed by atoms with E-state index in [9.17, 15) is 9.28 Å². The molecule has 0 aliphatic heterocycles. The normalized spacial score (nSPS) is 9.95. The van der Waals surface area contributed by atoms with Gasteiger partial charge >= 0.3 is 5.97 Å². The number of hydrogen-bond acceptors (Lipinski definition) is 3. The van der Waals surface area contributed by atoms with Crippen molar-refractivity contribution in [2.75, 3.05) is 11.7 Å². The number of carboxylic acids is 1. The first-order valence-corrected chi connectivity index (χ1v) is 5.63. The van der Waals surface area contributed by atoms with Crippen LogP contribution in [0.25, 0.3) is 0 Å². The van der Waals surface area contributed by atoms with Crippen LogP contribution < -0.4 is 9.86 Å². The van der Waals surface area contributed by atoms with Crippen LogP contribution >= 0.6 is 0 Å². The molecule has 0 bridgehead atoms. The van der Waals surface area contributed by atoms with Crippen molar-refractivity contribution in [3.63, 3.8) is 0 Å². The summed E-state index contributed by atoms with van der Waals surface area (Å²) in [4.78, 5) is 10.4. The van der Waals surface area contributed by atoms with Crippen LogP contribution in [0.5, 0.6) is 11.5 Å². The molecule has 0 saturated carbocycles. The Morgan fingerprint density at radius 1 is 1.05 bits per heavy atom. The van der Waals surface area contributed by atoms with Gasteiger partial charge in [-0.25, -0.2) is 5.12 Å². The summed E-state index contributed by atoms with van der Waals surface area (Å²) in [5.41, 5.74) is 0.169. The predicted molar refractivity (Wildman–Crippen MR) is 69.0 cm³/mol. The molecule has 98 valence electrons. The second kappa shape index (κ2) is 5.86. The molecule has 0 fully saturated rings. The van der Waals surface area contributed by atoms with Gasteiger partial charge in [-0.05, 0) is 36.4 Å². The Balaban J connectivity index is 2.04. The molecule has 0 spiro atoms. The van der Waals surface area contributed by atoms with E-state index in [1.54, 1.807) is 24.3 Å². The van der Waals surface area contributed by atoms with Crippen LogP contribution in [0, 0.1) is 0 Å². The van der Waals surface area contributed by atoms with Crippen LogP contribution in [-0.2, 0) is 4.79 Å². The van der Waals surface area contributed by atoms with Crippen molar-refractivity contribution < 1.29 is 19.1 Å². The van der Waals surface area contributed by atoms with Crippen LogP contribution in [0.15, 0.2) is 54.6 Å². The number of carbonyl (C=O) groups is 1. The molecular weight excluding hydrogens is 249 g/mol. The largest absolute Gasteiger partial charge is 0.480 e. The quantitative estimate of drug-likeness (QED) is 0.839. The number of aliphatic carboxylic acids is 1. The Labute approximate surface area is 109 Å². The van der Waals surface area contributed by atoms with E-state index in [-0.39, 0.29) is 10.8 Å². The van der Waals surface area contributed by atoms with Crippen LogP contribution in [0.3, 0.4) is 0 Å². The summed E-state index contributed by atoms with van der Waals surface area (Å²) in [6.07, 6.45) is 0. The highest BCUT2D eigenvalue weighted by molar-refractivity contribution is 5.72. The third-order valence-corrected chi connectivity index (χ3v) is 2.37. The minimum Gasteiger partial charge on any atom is -0.480 e. The Hall–Kier alpha value is -2.56. The molecule has 19 heavy (non-hydrogen) atoms. The molecule has 2 aromatic carbocycles. The molecule has 0 amide bonds. The van der Waals surface area contributed by atoms with Crippen molar-refractivity contribution >= 4 is 11.7 Å². The van der Waals surface area contributed by atoms with Crippen LogP contribution in [0.1, 0.15) is 0 Å². The van der Waals surface area contributed by atoms with Crippen molar-refractivity contribution in [3.8, 4) is 11.5 Å². The maximum atomic E-state index is 13.4. The van der Waals surface area contributed by atoms with Crippen LogP contribution in [0.4, 0.5) is 10.2 Å². The predicted octanol–water partition coefficient (Wildman–Crippen LogP) is 3.25. The van der Waals surface area contributed by atoms with Crippen molar-refractivity contribution in [1.29, 1.82) is 0 Å². The second-order valence-electron chi connectivity index (χ2n) is 3.82. The lowest BCUT2D eigenvalue weighted by molar-refractivity contribution is -0.135. The van der Waals surface area contributed by atoms with Crippen molar-refractivity contribution in [2.45, 2.75) is 0 Å². The number of nitrogens with zero attached hydrogens (tertiary/aromatic N) is 1. The van der Waals surface area contributed by atoms with Gasteiger partial charge in [0.15, 0.2) is 0 Å². The Morgan fingerprint density at radius 2 is 1.63 bits per heavy atom. The summed E-state index contributed by atoms with van der Waals surface area (Å²) < 4.78 is 18.9. The van der Waals surface area contributed by atoms with Gasteiger partial charge in [-0.3, -0.25) is 4.79 Å². The number of carboxylic acid groups (broad SMARTS) is 1. The third kappa shape index (κ3) is 3.70. The molecular formula is C14H12FNO3. The van der Waals surface area contributed by atoms with E-state index in [1.165, 1.54) is 12.1 Å². The monoisotopic (exact) mass is 261 g/mol. The average molecular weight is 261 g/mol. The van der Waals surface area contributed by atoms with E-state index in [4.69, 9.17) is 9.84 Å². The number of halogens is 1. The van der Waals surface area contributed by atoms with E-state index < -0.39 is 12.5 Å². The molecule has 0 aromatic heterocycles. The summed E-state index contributed by atoms with van der Waals surface area (Å²) in [6.45, 7) is -0.696. The van der Waals surface area contributed by atoms with Crippen molar-refractivity contribution in [1.82, 2.24) is 0 Å². The van der Waals surface area contributed by atoms with Gasteiger partial charge in [0.05, 0.1) is 5.69 Å². The maximum absolute atomic E-state index is 13.4. The van der Waals surface area contributed by atoms with Gasteiger partial charge in [0.25, 0.3) is 0 Å². The first kappa shape index (κ1) is 12.9. The molecule has 5 heteroatoms. The van der Waals surface area contributed by atoms with E-state index >= 15 is 0 Å². The van der Waals surface area contributed by atoms with E-state index in [1.807, 2.05) is 18.2 Å². The standard InChI is InChI=1S/C14H12FNO3/c15-16(10-14(17)18)11-6-8-13(9-7-11)19-12-4-2-1-3-5-12/h1-9H,10H2,(H,17,18). The molecule has 0 aliphatic carbocycles. The van der Waals surface area contributed by atoms with Crippen LogP contribution in [0.2, 0.25) is 0 Å². The topological polar surface area (TPSA) is 49.8 Å². The summed E-state index contributed by atoms with van der Waals surface area (Å²) in [6, 6.07) is 15.3. The zero-order chi connectivity index (χ0) is 13.7. The highest BCUT2D eigenvalue weighted by atomic mass is 19.2. The Bertz CT molecular complexity index is 542. The summed E-state index contributed by atoms with van der Waals surface area (Å²) >= 11 is 0. The zero-order valence-electron chi connectivity index (χ0n) is 9.99. The van der Waals surface area contributed by atoms with Gasteiger partial charge in [0.2, 0.25) is 0 Å². The minimum atomic E-state index is -1.23. The molecule has 2 rings (SSSR count). The highest BCUT2D eigenvalue weighted by Gasteiger charge is 2.09. The van der Waals surface area contributed by atoms with E-state index in [0.29, 0.717) is 11.5 Å². The van der Waals surface area contributed by atoms with Crippen LogP contribution in [-0.4, -0.2) is 17.6 Å². The molecule has 0 atom stereocenters. The van der Waals surface area contributed by atoms with Gasteiger partial charge in [0.1, 0.15) is 18.0 Å². The third-order valence-electron chi connectivity index (χ3n) is 2.37. The molecule has 0 radical (unpaired) electrons. The molecule has 1 N–H and O–H groups in total. The summed E-state index contributed by atoms with van der Waals surface area (Å²) in [5.74, 6) is 0.00341. The SMILES string of the molecule is O=C(O)CN(F)c1ccc(Oc2ccccc2)cc1. The highest BCUT2D eigenvalue weighted by Crippen LogP contribution is 2.24. The van der Waals surface area contributed by atoms with Gasteiger partial charge < -0.3 is 9.84 Å². The lowest BCUT2D eigenvalue weighted by atomic mass is 10.3. The molecule has 0 saturated heterocycles. The molecule has 0 aliphatic rings. The van der Waals surface area contributed by atoms with Gasteiger partial charge in [0, 0.05) is 0 Å². The van der Waals surface area contributed by atoms with Gasteiger partial charge in [-0.2, -0.15) is 0 Å². The molecule has 2 aromatic rings. The zero-order valence-corrected chi connectivity index (χ0v) is 9.99. The number of anilines is 1. The molecule has 4 nitrogen and oxygen atoms in total.